The van der Waals surface area contributed by atoms with Crippen molar-refractivity contribution in [2.75, 3.05) is 33.1 Å². The van der Waals surface area contributed by atoms with Crippen molar-refractivity contribution < 1.29 is 26.7 Å². The maximum Gasteiger partial charge on any atom is 0.242 e. The number of anilines is 1. The van der Waals surface area contributed by atoms with Crippen LogP contribution in [0.3, 0.4) is 0 Å². The summed E-state index contributed by atoms with van der Waals surface area (Å²) in [6, 6.07) is 6.78. The SMILES string of the molecule is COc1ccc(S(=O)(=O)N(C)C)cc1NC(=O)CN[C@@H](C)c1ccc(F)cc1F. The highest BCUT2D eigenvalue weighted by Gasteiger charge is 2.20. The molecule has 0 aliphatic rings. The smallest absolute Gasteiger partial charge is 0.242 e. The fourth-order valence-corrected chi connectivity index (χ4v) is 3.49. The van der Waals surface area contributed by atoms with Crippen LogP contribution < -0.4 is 15.4 Å². The van der Waals surface area contributed by atoms with E-state index in [1.807, 2.05) is 0 Å². The van der Waals surface area contributed by atoms with Crippen molar-refractivity contribution in [1.29, 1.82) is 0 Å². The van der Waals surface area contributed by atoms with Crippen molar-refractivity contribution in [2.24, 2.45) is 0 Å². The Balaban J connectivity index is 2.11. The van der Waals surface area contributed by atoms with Gasteiger partial charge >= 0.3 is 0 Å². The number of ether oxygens (including phenoxy) is 1. The first-order chi connectivity index (χ1) is 13.6. The highest BCUT2D eigenvalue weighted by atomic mass is 32.2. The molecule has 1 amide bonds. The number of rotatable bonds is 8. The van der Waals surface area contributed by atoms with E-state index in [2.05, 4.69) is 10.6 Å². The van der Waals surface area contributed by atoms with Crippen molar-refractivity contribution >= 4 is 21.6 Å². The van der Waals surface area contributed by atoms with Crippen LogP contribution in [0.4, 0.5) is 14.5 Å². The molecule has 0 radical (unpaired) electrons. The van der Waals surface area contributed by atoms with Crippen molar-refractivity contribution in [3.8, 4) is 5.75 Å². The Hall–Kier alpha value is -2.56. The number of halogens is 2. The zero-order chi connectivity index (χ0) is 21.8. The van der Waals surface area contributed by atoms with Crippen molar-refractivity contribution in [3.05, 3.63) is 53.6 Å². The van der Waals surface area contributed by atoms with Gasteiger partial charge in [-0.25, -0.2) is 21.5 Å². The monoisotopic (exact) mass is 427 g/mol. The molecule has 158 valence electrons. The summed E-state index contributed by atoms with van der Waals surface area (Å²) >= 11 is 0. The van der Waals surface area contributed by atoms with Crippen LogP contribution >= 0.6 is 0 Å². The number of hydrogen-bond donors (Lipinski definition) is 2. The Bertz CT molecular complexity index is 997. The highest BCUT2D eigenvalue weighted by molar-refractivity contribution is 7.89. The van der Waals surface area contributed by atoms with Gasteiger partial charge in [-0.15, -0.1) is 0 Å². The molecule has 0 aliphatic carbocycles. The maximum atomic E-state index is 13.8. The Morgan fingerprint density at radius 2 is 1.86 bits per heavy atom. The zero-order valence-electron chi connectivity index (χ0n) is 16.5. The van der Waals surface area contributed by atoms with Crippen LogP contribution in [0.15, 0.2) is 41.3 Å². The Labute approximate surface area is 168 Å². The van der Waals surface area contributed by atoms with E-state index in [4.69, 9.17) is 4.74 Å². The third-order valence-electron chi connectivity index (χ3n) is 4.22. The van der Waals surface area contributed by atoms with Crippen LogP contribution in [0.1, 0.15) is 18.5 Å². The number of benzene rings is 2. The lowest BCUT2D eigenvalue weighted by Gasteiger charge is -2.17. The van der Waals surface area contributed by atoms with E-state index in [0.717, 1.165) is 16.4 Å². The average Bonchev–Trinajstić information content (AvgIpc) is 2.65. The number of methoxy groups -OCH3 is 1. The van der Waals surface area contributed by atoms with Crippen molar-refractivity contribution in [3.63, 3.8) is 0 Å². The summed E-state index contributed by atoms with van der Waals surface area (Å²) < 4.78 is 57.7. The van der Waals surface area contributed by atoms with Gasteiger partial charge in [0, 0.05) is 31.8 Å². The normalized spacial score (nSPS) is 12.7. The van der Waals surface area contributed by atoms with Crippen molar-refractivity contribution in [1.82, 2.24) is 9.62 Å². The van der Waals surface area contributed by atoms with Gasteiger partial charge in [-0.3, -0.25) is 4.79 Å². The molecule has 0 spiro atoms. The number of nitrogens with zero attached hydrogens (tertiary/aromatic N) is 1. The molecular weight excluding hydrogens is 404 g/mol. The van der Waals surface area contributed by atoms with E-state index in [9.17, 15) is 22.0 Å². The maximum absolute atomic E-state index is 13.8. The van der Waals surface area contributed by atoms with Gasteiger partial charge in [0.05, 0.1) is 24.2 Å². The molecule has 0 heterocycles. The van der Waals surface area contributed by atoms with Gasteiger partial charge < -0.3 is 15.4 Å². The van der Waals surface area contributed by atoms with Gasteiger partial charge in [0.15, 0.2) is 0 Å². The molecule has 0 aromatic heterocycles. The molecule has 2 aromatic rings. The Morgan fingerprint density at radius 1 is 1.17 bits per heavy atom. The number of sulfonamides is 1. The fraction of sp³-hybridized carbons (Fsp3) is 0.316. The molecule has 2 rings (SSSR count). The second-order valence-corrected chi connectivity index (χ2v) is 8.62. The van der Waals surface area contributed by atoms with E-state index < -0.39 is 33.6 Å². The van der Waals surface area contributed by atoms with Gasteiger partial charge in [-0.05, 0) is 31.2 Å². The molecule has 0 saturated carbocycles. The largest absolute Gasteiger partial charge is 0.495 e. The molecule has 29 heavy (non-hydrogen) atoms. The third-order valence-corrected chi connectivity index (χ3v) is 6.03. The minimum Gasteiger partial charge on any atom is -0.495 e. The van der Waals surface area contributed by atoms with E-state index in [1.54, 1.807) is 6.92 Å². The molecule has 7 nitrogen and oxygen atoms in total. The summed E-state index contributed by atoms with van der Waals surface area (Å²) in [5, 5.41) is 5.42. The Kier molecular flexibility index (Phi) is 7.28. The zero-order valence-corrected chi connectivity index (χ0v) is 17.3. The standard InChI is InChI=1S/C19H23F2N3O4S/c1-12(15-7-5-13(20)9-16(15)21)22-11-19(25)23-17-10-14(6-8-18(17)28-4)29(26,27)24(2)3/h5-10,12,22H,11H2,1-4H3,(H,23,25)/t12-/m0/s1. The van der Waals surface area contributed by atoms with E-state index in [1.165, 1.54) is 45.5 Å². The summed E-state index contributed by atoms with van der Waals surface area (Å²) in [6.45, 7) is 1.44. The summed E-state index contributed by atoms with van der Waals surface area (Å²) in [6.07, 6.45) is 0. The molecule has 0 saturated heterocycles. The predicted molar refractivity (Wildman–Crippen MR) is 105 cm³/mol. The van der Waals surface area contributed by atoms with E-state index in [0.29, 0.717) is 0 Å². The molecule has 0 unspecified atom stereocenters. The fourth-order valence-electron chi connectivity index (χ4n) is 2.56. The van der Waals surface area contributed by atoms with Gasteiger partial charge in [-0.2, -0.15) is 0 Å². The summed E-state index contributed by atoms with van der Waals surface area (Å²) in [5.74, 6) is -1.60. The van der Waals surface area contributed by atoms with Crippen molar-refractivity contribution in [2.45, 2.75) is 17.9 Å². The molecule has 2 aromatic carbocycles. The second kappa shape index (κ2) is 9.29. The third kappa shape index (κ3) is 5.49. The molecule has 2 N–H and O–H groups in total. The molecular formula is C19H23F2N3O4S. The molecule has 1 atom stereocenters. The van der Waals surface area contributed by atoms with Gasteiger partial charge in [-0.1, -0.05) is 6.07 Å². The first kappa shape index (κ1) is 22.7. The second-order valence-electron chi connectivity index (χ2n) is 6.47. The topological polar surface area (TPSA) is 87.7 Å². The van der Waals surface area contributed by atoms with Crippen LogP contribution in [0.2, 0.25) is 0 Å². The number of hydrogen-bond acceptors (Lipinski definition) is 5. The van der Waals surface area contributed by atoms with Crippen LogP contribution in [-0.4, -0.2) is 46.4 Å². The van der Waals surface area contributed by atoms with Gasteiger partial charge in [0.25, 0.3) is 0 Å². The van der Waals surface area contributed by atoms with E-state index >= 15 is 0 Å². The molecule has 0 fully saturated rings. The van der Waals surface area contributed by atoms with Gasteiger partial charge in [0.1, 0.15) is 17.4 Å². The predicted octanol–water partition coefficient (Wildman–Crippen LogP) is 2.51. The quantitative estimate of drug-likeness (QED) is 0.676. The first-order valence-corrected chi connectivity index (χ1v) is 10.1. The molecule has 0 aliphatic heterocycles. The Morgan fingerprint density at radius 3 is 2.45 bits per heavy atom. The lowest BCUT2D eigenvalue weighted by atomic mass is 10.1. The minimum absolute atomic E-state index is 0.00619. The van der Waals surface area contributed by atoms with Crippen LogP contribution in [0, 0.1) is 11.6 Å². The lowest BCUT2D eigenvalue weighted by Crippen LogP contribution is -2.30. The minimum atomic E-state index is -3.69. The summed E-state index contributed by atoms with van der Waals surface area (Å²) in [4.78, 5) is 12.3. The van der Waals surface area contributed by atoms with Crippen LogP contribution in [-0.2, 0) is 14.8 Å². The number of carbonyl (C=O) groups excluding carboxylic acids is 1. The average molecular weight is 427 g/mol. The molecule has 0 bridgehead atoms. The molecule has 10 heteroatoms. The van der Waals surface area contributed by atoms with Gasteiger partial charge in [0.2, 0.25) is 15.9 Å². The highest BCUT2D eigenvalue weighted by Crippen LogP contribution is 2.28. The lowest BCUT2D eigenvalue weighted by molar-refractivity contribution is -0.115. The van der Waals surface area contributed by atoms with Crippen LogP contribution in [0.25, 0.3) is 0 Å². The van der Waals surface area contributed by atoms with Crippen LogP contribution in [0.5, 0.6) is 5.75 Å². The summed E-state index contributed by atoms with van der Waals surface area (Å²) in [7, 11) is 0.501. The summed E-state index contributed by atoms with van der Waals surface area (Å²) in [5.41, 5.74) is 0.402. The number of carbonyl (C=O) groups is 1. The number of nitrogens with one attached hydrogen (secondary N) is 2. The first-order valence-electron chi connectivity index (χ1n) is 8.65. The number of amides is 1. The van der Waals surface area contributed by atoms with E-state index in [-0.39, 0.29) is 28.4 Å².